The Labute approximate surface area is 199 Å². The fourth-order valence-electron chi connectivity index (χ4n) is 2.79. The van der Waals surface area contributed by atoms with E-state index in [2.05, 4.69) is 15.5 Å². The summed E-state index contributed by atoms with van der Waals surface area (Å²) in [6.07, 6.45) is 0. The third-order valence-corrected chi connectivity index (χ3v) is 6.95. The molecule has 1 aromatic heterocycles. The molecule has 0 aliphatic rings. The number of anilines is 1. The van der Waals surface area contributed by atoms with Crippen LogP contribution in [0.4, 0.5) is 10.1 Å². The van der Waals surface area contributed by atoms with Crippen molar-refractivity contribution < 1.29 is 9.18 Å². The van der Waals surface area contributed by atoms with Crippen molar-refractivity contribution in [1.82, 2.24) is 14.8 Å². The number of benzene rings is 2. The molecule has 3 aromatic rings. The van der Waals surface area contributed by atoms with Gasteiger partial charge in [-0.2, -0.15) is 0 Å². The summed E-state index contributed by atoms with van der Waals surface area (Å²) >= 11 is 15.1. The minimum atomic E-state index is -0.388. The molecule has 10 heteroatoms. The first kappa shape index (κ1) is 23.9. The predicted octanol–water partition coefficient (Wildman–Crippen LogP) is 6.22. The molecule has 0 spiro atoms. The van der Waals surface area contributed by atoms with Crippen LogP contribution in [0.15, 0.2) is 41.6 Å². The van der Waals surface area contributed by atoms with Crippen LogP contribution in [0.1, 0.15) is 23.9 Å². The number of hydrogen-bond donors (Lipinski definition) is 1. The number of rotatable bonds is 9. The number of thioether (sulfide) groups is 2. The minimum Gasteiger partial charge on any atom is -0.325 e. The average molecular weight is 499 g/mol. The largest absolute Gasteiger partial charge is 0.325 e. The van der Waals surface area contributed by atoms with Gasteiger partial charge in [0.05, 0.1) is 11.5 Å². The van der Waals surface area contributed by atoms with E-state index in [1.165, 1.54) is 23.9 Å². The number of amides is 1. The minimum absolute atomic E-state index is 0.154. The summed E-state index contributed by atoms with van der Waals surface area (Å²) < 4.78 is 15.4. The summed E-state index contributed by atoms with van der Waals surface area (Å²) in [4.78, 5) is 12.3. The molecule has 3 rings (SSSR count). The van der Waals surface area contributed by atoms with Gasteiger partial charge in [-0.15, -0.1) is 22.0 Å². The van der Waals surface area contributed by atoms with E-state index >= 15 is 0 Å². The molecular formula is C21H21Cl2FN4OS2. The first-order valence-electron chi connectivity index (χ1n) is 9.50. The maximum absolute atomic E-state index is 13.4. The van der Waals surface area contributed by atoms with Gasteiger partial charge in [-0.1, -0.05) is 47.1 Å². The number of nitrogens with one attached hydrogen (secondary N) is 1. The zero-order valence-corrected chi connectivity index (χ0v) is 20.1. The molecule has 0 bridgehead atoms. The van der Waals surface area contributed by atoms with E-state index in [0.29, 0.717) is 33.2 Å². The highest BCUT2D eigenvalue weighted by atomic mass is 35.5. The van der Waals surface area contributed by atoms with Gasteiger partial charge in [0, 0.05) is 28.0 Å². The standard InChI is InChI=1S/C21H21Cl2FN4OS2/c1-3-28-19(11-30-10-14-5-6-15(22)8-17(14)23)26-27-21(28)31-12-20(29)25-18-9-16(24)7-4-13(18)2/h4-9H,3,10-12H2,1-2H3,(H,25,29). The van der Waals surface area contributed by atoms with Crippen LogP contribution in [0.5, 0.6) is 0 Å². The SMILES string of the molecule is CCn1c(CSCc2ccc(Cl)cc2Cl)nnc1SCC(=O)Nc1cc(F)ccc1C. The van der Waals surface area contributed by atoms with Gasteiger partial charge in [-0.3, -0.25) is 4.79 Å². The number of nitrogens with zero attached hydrogens (tertiary/aromatic N) is 3. The normalized spacial score (nSPS) is 11.0. The Balaban J connectivity index is 1.55. The van der Waals surface area contributed by atoms with E-state index < -0.39 is 0 Å². The lowest BCUT2D eigenvalue weighted by molar-refractivity contribution is -0.113. The molecule has 1 N–H and O–H groups in total. The number of halogens is 3. The second kappa shape index (κ2) is 11.2. The zero-order valence-electron chi connectivity index (χ0n) is 17.0. The van der Waals surface area contributed by atoms with E-state index in [1.807, 2.05) is 30.5 Å². The molecule has 0 atom stereocenters. The molecule has 0 saturated heterocycles. The lowest BCUT2D eigenvalue weighted by atomic mass is 10.2. The first-order chi connectivity index (χ1) is 14.9. The van der Waals surface area contributed by atoms with Crippen LogP contribution in [-0.2, 0) is 22.8 Å². The van der Waals surface area contributed by atoms with Crippen molar-refractivity contribution in [3.63, 3.8) is 0 Å². The maximum Gasteiger partial charge on any atom is 0.234 e. The van der Waals surface area contributed by atoms with E-state index in [4.69, 9.17) is 23.2 Å². The first-order valence-corrected chi connectivity index (χ1v) is 12.4. The number of carbonyl (C=O) groups is 1. The second-order valence-corrected chi connectivity index (χ2v) is 9.44. The molecule has 164 valence electrons. The van der Waals surface area contributed by atoms with Gasteiger partial charge in [-0.25, -0.2) is 4.39 Å². The maximum atomic E-state index is 13.4. The summed E-state index contributed by atoms with van der Waals surface area (Å²) in [5, 5.41) is 13.2. The highest BCUT2D eigenvalue weighted by molar-refractivity contribution is 7.99. The van der Waals surface area contributed by atoms with Crippen molar-refractivity contribution in [2.75, 3.05) is 11.1 Å². The van der Waals surface area contributed by atoms with Gasteiger partial charge in [-0.05, 0) is 49.2 Å². The Hall–Kier alpha value is -1.74. The van der Waals surface area contributed by atoms with Gasteiger partial charge < -0.3 is 9.88 Å². The average Bonchev–Trinajstić information content (AvgIpc) is 3.12. The Morgan fingerprint density at radius 2 is 1.97 bits per heavy atom. The van der Waals surface area contributed by atoms with E-state index in [1.54, 1.807) is 23.9 Å². The van der Waals surface area contributed by atoms with Crippen molar-refractivity contribution in [3.05, 3.63) is 69.2 Å². The molecule has 31 heavy (non-hydrogen) atoms. The van der Waals surface area contributed by atoms with Gasteiger partial charge >= 0.3 is 0 Å². The highest BCUT2D eigenvalue weighted by Gasteiger charge is 2.14. The van der Waals surface area contributed by atoms with Crippen LogP contribution < -0.4 is 5.32 Å². The molecule has 0 fully saturated rings. The second-order valence-electron chi connectivity index (χ2n) is 6.67. The molecule has 0 saturated carbocycles. The van der Waals surface area contributed by atoms with Crippen molar-refractivity contribution in [2.45, 2.75) is 37.1 Å². The van der Waals surface area contributed by atoms with Crippen LogP contribution in [0.3, 0.4) is 0 Å². The molecule has 0 unspecified atom stereocenters. The molecule has 5 nitrogen and oxygen atoms in total. The van der Waals surface area contributed by atoms with Crippen molar-refractivity contribution >= 4 is 58.3 Å². The van der Waals surface area contributed by atoms with Crippen LogP contribution in [0.2, 0.25) is 10.0 Å². The number of aryl methyl sites for hydroxylation is 1. The summed E-state index contributed by atoms with van der Waals surface area (Å²) in [6.45, 7) is 4.52. The fraction of sp³-hybridized carbons (Fsp3) is 0.286. The molecule has 0 aliphatic carbocycles. The van der Waals surface area contributed by atoms with Crippen molar-refractivity contribution in [3.8, 4) is 0 Å². The van der Waals surface area contributed by atoms with Crippen LogP contribution in [0, 0.1) is 12.7 Å². The fourth-order valence-corrected chi connectivity index (χ4v) is 5.13. The lowest BCUT2D eigenvalue weighted by Gasteiger charge is -2.09. The predicted molar refractivity (Wildman–Crippen MR) is 128 cm³/mol. The number of aromatic nitrogens is 3. The molecule has 1 heterocycles. The quantitative estimate of drug-likeness (QED) is 0.355. The molecule has 1 amide bonds. The summed E-state index contributed by atoms with van der Waals surface area (Å²) in [6, 6.07) is 9.79. The number of carbonyl (C=O) groups excluding carboxylic acids is 1. The van der Waals surface area contributed by atoms with Crippen molar-refractivity contribution in [2.24, 2.45) is 0 Å². The van der Waals surface area contributed by atoms with Crippen molar-refractivity contribution in [1.29, 1.82) is 0 Å². The molecule has 0 radical (unpaired) electrons. The summed E-state index contributed by atoms with van der Waals surface area (Å²) in [5.41, 5.74) is 2.29. The van der Waals surface area contributed by atoms with E-state index in [0.717, 1.165) is 22.7 Å². The molecular weight excluding hydrogens is 478 g/mol. The van der Waals surface area contributed by atoms with Gasteiger partial charge in [0.1, 0.15) is 11.6 Å². The van der Waals surface area contributed by atoms with Gasteiger partial charge in [0.15, 0.2) is 5.16 Å². The monoisotopic (exact) mass is 498 g/mol. The zero-order chi connectivity index (χ0) is 22.4. The summed E-state index contributed by atoms with van der Waals surface area (Å²) in [5.74, 6) is 1.77. The molecule has 0 aliphatic heterocycles. The topological polar surface area (TPSA) is 59.8 Å². The van der Waals surface area contributed by atoms with Gasteiger partial charge in [0.2, 0.25) is 5.91 Å². The Morgan fingerprint density at radius 3 is 2.71 bits per heavy atom. The lowest BCUT2D eigenvalue weighted by Crippen LogP contribution is -2.15. The van der Waals surface area contributed by atoms with Crippen LogP contribution in [0.25, 0.3) is 0 Å². The third kappa shape index (κ3) is 6.62. The smallest absolute Gasteiger partial charge is 0.234 e. The van der Waals surface area contributed by atoms with Gasteiger partial charge in [0.25, 0.3) is 0 Å². The van der Waals surface area contributed by atoms with Crippen LogP contribution >= 0.6 is 46.7 Å². The number of hydrogen-bond acceptors (Lipinski definition) is 5. The van der Waals surface area contributed by atoms with Crippen LogP contribution in [-0.4, -0.2) is 26.4 Å². The Bertz CT molecular complexity index is 1080. The summed E-state index contributed by atoms with van der Waals surface area (Å²) in [7, 11) is 0. The Kier molecular flexibility index (Phi) is 8.66. The van der Waals surface area contributed by atoms with E-state index in [-0.39, 0.29) is 17.5 Å². The highest BCUT2D eigenvalue weighted by Crippen LogP contribution is 2.27. The third-order valence-electron chi connectivity index (χ3n) is 4.42. The van der Waals surface area contributed by atoms with E-state index in [9.17, 15) is 9.18 Å². The Morgan fingerprint density at radius 1 is 1.16 bits per heavy atom. The molecule has 2 aromatic carbocycles.